The second-order valence-corrected chi connectivity index (χ2v) is 7.92. The molecule has 0 saturated heterocycles. The minimum absolute atomic E-state index is 0.168. The van der Waals surface area contributed by atoms with Crippen molar-refractivity contribution in [1.82, 2.24) is 5.32 Å². The van der Waals surface area contributed by atoms with Crippen LogP contribution in [-0.2, 0) is 27.2 Å². The van der Waals surface area contributed by atoms with Gasteiger partial charge in [-0.3, -0.25) is 4.79 Å². The number of ether oxygens (including phenoxy) is 4. The molecule has 33 heavy (non-hydrogen) atoms. The maximum atomic E-state index is 12.3. The summed E-state index contributed by atoms with van der Waals surface area (Å²) in [5.41, 5.74) is 4.48. The van der Waals surface area contributed by atoms with Crippen LogP contribution < -0.4 is 19.5 Å². The number of benzene rings is 2. The molecule has 1 aliphatic rings. The zero-order chi connectivity index (χ0) is 23.8. The molecular weight excluding hydrogens is 422 g/mol. The molecule has 0 aromatic heterocycles. The van der Waals surface area contributed by atoms with Gasteiger partial charge in [-0.25, -0.2) is 4.79 Å². The summed E-state index contributed by atoms with van der Waals surface area (Å²) in [5.74, 6) is 0.431. The van der Waals surface area contributed by atoms with Crippen LogP contribution in [-0.4, -0.2) is 39.8 Å². The maximum Gasteiger partial charge on any atom is 0.331 e. The van der Waals surface area contributed by atoms with E-state index in [9.17, 15) is 9.59 Å². The lowest BCUT2D eigenvalue weighted by molar-refractivity contribution is -0.144. The number of fused-ring (bicyclic) bond motifs is 1. The van der Waals surface area contributed by atoms with Gasteiger partial charge in [0.05, 0.1) is 27.4 Å². The van der Waals surface area contributed by atoms with E-state index in [-0.39, 0.29) is 18.6 Å². The summed E-state index contributed by atoms with van der Waals surface area (Å²) in [5, 5.41) is 2.89. The fourth-order valence-corrected chi connectivity index (χ4v) is 3.94. The van der Waals surface area contributed by atoms with Gasteiger partial charge in [-0.1, -0.05) is 18.2 Å². The lowest BCUT2D eigenvalue weighted by Gasteiger charge is -2.20. The highest BCUT2D eigenvalue weighted by atomic mass is 16.5. The Morgan fingerprint density at radius 1 is 0.970 bits per heavy atom. The van der Waals surface area contributed by atoms with Gasteiger partial charge in [0.1, 0.15) is 0 Å². The van der Waals surface area contributed by atoms with Gasteiger partial charge in [0.2, 0.25) is 5.75 Å². The van der Waals surface area contributed by atoms with Gasteiger partial charge in [0.15, 0.2) is 18.1 Å². The predicted octanol–water partition coefficient (Wildman–Crippen LogP) is 4.03. The highest BCUT2D eigenvalue weighted by Crippen LogP contribution is 2.38. The van der Waals surface area contributed by atoms with Crippen molar-refractivity contribution in [3.63, 3.8) is 0 Å². The smallest absolute Gasteiger partial charge is 0.331 e. The average molecular weight is 454 g/mol. The molecule has 0 spiro atoms. The van der Waals surface area contributed by atoms with Crippen molar-refractivity contribution in [3.05, 3.63) is 58.7 Å². The predicted molar refractivity (Wildman–Crippen MR) is 126 cm³/mol. The number of rotatable bonds is 9. The van der Waals surface area contributed by atoms with Crippen molar-refractivity contribution in [2.24, 2.45) is 0 Å². The zero-order valence-corrected chi connectivity index (χ0v) is 19.6. The van der Waals surface area contributed by atoms with Gasteiger partial charge in [-0.2, -0.15) is 0 Å². The van der Waals surface area contributed by atoms with Gasteiger partial charge >= 0.3 is 5.97 Å². The molecule has 0 radical (unpaired) electrons. The standard InChI is InChI=1S/C26H31NO6/c1-17(20-11-10-19-7-5-6-8-21(19)15-20)27-24(28)16-33-25(29)12-9-18-13-22(30-2)26(32-4)23(14-18)31-3/h9-15,17H,5-8,16H2,1-4H3,(H,27,28)/b12-9+. The molecular formula is C26H31NO6. The van der Waals surface area contributed by atoms with Crippen LogP contribution in [0.3, 0.4) is 0 Å². The Balaban J connectivity index is 1.53. The molecule has 0 fully saturated rings. The summed E-state index contributed by atoms with van der Waals surface area (Å²) in [4.78, 5) is 24.4. The number of carbonyl (C=O) groups is 2. The summed E-state index contributed by atoms with van der Waals surface area (Å²) >= 11 is 0. The SMILES string of the molecule is COc1cc(/C=C/C(=O)OCC(=O)NC(C)c2ccc3c(c2)CCCC3)cc(OC)c1OC. The minimum Gasteiger partial charge on any atom is -0.493 e. The largest absolute Gasteiger partial charge is 0.493 e. The first-order valence-corrected chi connectivity index (χ1v) is 11.0. The number of nitrogens with one attached hydrogen (secondary N) is 1. The fraction of sp³-hybridized carbons (Fsp3) is 0.385. The second kappa shape index (κ2) is 11.4. The summed E-state index contributed by atoms with van der Waals surface area (Å²) in [6.07, 6.45) is 7.45. The number of carbonyl (C=O) groups excluding carboxylic acids is 2. The highest BCUT2D eigenvalue weighted by molar-refractivity contribution is 5.89. The molecule has 7 nitrogen and oxygen atoms in total. The van der Waals surface area contributed by atoms with Crippen molar-refractivity contribution >= 4 is 18.0 Å². The van der Waals surface area contributed by atoms with Crippen LogP contribution in [0.4, 0.5) is 0 Å². The fourth-order valence-electron chi connectivity index (χ4n) is 3.94. The Morgan fingerprint density at radius 2 is 1.64 bits per heavy atom. The average Bonchev–Trinajstić information content (AvgIpc) is 2.84. The summed E-state index contributed by atoms with van der Waals surface area (Å²) < 4.78 is 21.0. The number of esters is 1. The van der Waals surface area contributed by atoms with Crippen LogP contribution in [0.5, 0.6) is 17.2 Å². The van der Waals surface area contributed by atoms with E-state index in [1.54, 1.807) is 18.2 Å². The third-order valence-electron chi connectivity index (χ3n) is 5.69. The zero-order valence-electron chi connectivity index (χ0n) is 19.6. The third kappa shape index (κ3) is 6.28. The van der Waals surface area contributed by atoms with E-state index in [0.29, 0.717) is 22.8 Å². The monoisotopic (exact) mass is 453 g/mol. The van der Waals surface area contributed by atoms with E-state index in [4.69, 9.17) is 18.9 Å². The van der Waals surface area contributed by atoms with Crippen LogP contribution in [0.2, 0.25) is 0 Å². The van der Waals surface area contributed by atoms with E-state index in [1.807, 2.05) is 6.92 Å². The number of aryl methyl sites for hydroxylation is 2. The first-order chi connectivity index (χ1) is 15.9. The number of methoxy groups -OCH3 is 3. The molecule has 7 heteroatoms. The molecule has 1 atom stereocenters. The van der Waals surface area contributed by atoms with E-state index < -0.39 is 5.97 Å². The van der Waals surface area contributed by atoms with Crippen molar-refractivity contribution in [3.8, 4) is 17.2 Å². The first kappa shape index (κ1) is 24.2. The first-order valence-electron chi connectivity index (χ1n) is 11.0. The maximum absolute atomic E-state index is 12.3. The molecule has 1 unspecified atom stereocenters. The normalized spacial score (nSPS) is 13.7. The Labute approximate surface area is 194 Å². The molecule has 0 aliphatic heterocycles. The number of hydrogen-bond acceptors (Lipinski definition) is 6. The van der Waals surface area contributed by atoms with E-state index >= 15 is 0 Å². The Kier molecular flexibility index (Phi) is 8.35. The molecule has 1 N–H and O–H groups in total. The Hall–Kier alpha value is -3.48. The summed E-state index contributed by atoms with van der Waals surface area (Å²) in [6, 6.07) is 9.63. The summed E-state index contributed by atoms with van der Waals surface area (Å²) in [7, 11) is 4.55. The topological polar surface area (TPSA) is 83.1 Å². The molecule has 0 saturated carbocycles. The Bertz CT molecular complexity index is 1000. The molecule has 3 rings (SSSR count). The van der Waals surface area contributed by atoms with Crippen molar-refractivity contribution < 1.29 is 28.5 Å². The second-order valence-electron chi connectivity index (χ2n) is 7.92. The van der Waals surface area contributed by atoms with Crippen molar-refractivity contribution in [2.75, 3.05) is 27.9 Å². The summed E-state index contributed by atoms with van der Waals surface area (Å²) in [6.45, 7) is 1.57. The third-order valence-corrected chi connectivity index (χ3v) is 5.69. The van der Waals surface area contributed by atoms with Gasteiger partial charge in [-0.15, -0.1) is 0 Å². The van der Waals surface area contributed by atoms with Crippen molar-refractivity contribution in [1.29, 1.82) is 0 Å². The van der Waals surface area contributed by atoms with E-state index in [0.717, 1.165) is 18.4 Å². The van der Waals surface area contributed by atoms with Crippen molar-refractivity contribution in [2.45, 2.75) is 38.6 Å². The number of hydrogen-bond donors (Lipinski definition) is 1. The van der Waals surface area contributed by atoms with Crippen LogP contribution >= 0.6 is 0 Å². The highest BCUT2D eigenvalue weighted by Gasteiger charge is 2.15. The minimum atomic E-state index is -0.625. The van der Waals surface area contributed by atoms with Crippen LogP contribution in [0, 0.1) is 0 Å². The molecule has 176 valence electrons. The quantitative estimate of drug-likeness (QED) is 0.456. The van der Waals surface area contributed by atoms with Crippen LogP contribution in [0.25, 0.3) is 6.08 Å². The molecule has 1 aliphatic carbocycles. The van der Waals surface area contributed by atoms with Gasteiger partial charge < -0.3 is 24.3 Å². The molecule has 1 amide bonds. The van der Waals surface area contributed by atoms with Crippen LogP contribution in [0.1, 0.15) is 48.1 Å². The van der Waals surface area contributed by atoms with E-state index in [1.165, 1.54) is 51.4 Å². The lowest BCUT2D eigenvalue weighted by Crippen LogP contribution is -2.31. The lowest BCUT2D eigenvalue weighted by atomic mass is 9.89. The molecule has 2 aromatic carbocycles. The Morgan fingerprint density at radius 3 is 2.27 bits per heavy atom. The molecule has 0 bridgehead atoms. The van der Waals surface area contributed by atoms with Gasteiger partial charge in [0.25, 0.3) is 5.91 Å². The van der Waals surface area contributed by atoms with Crippen LogP contribution in [0.15, 0.2) is 36.4 Å². The molecule has 2 aromatic rings. The van der Waals surface area contributed by atoms with Gasteiger partial charge in [-0.05, 0) is 73.1 Å². The molecule has 0 heterocycles. The van der Waals surface area contributed by atoms with Gasteiger partial charge in [0, 0.05) is 6.08 Å². The number of amides is 1. The van der Waals surface area contributed by atoms with E-state index in [2.05, 4.69) is 23.5 Å².